The number of carbonyl (C=O) groups is 1. The van der Waals surface area contributed by atoms with Gasteiger partial charge in [-0.1, -0.05) is 13.3 Å². The van der Waals surface area contributed by atoms with E-state index in [1.54, 1.807) is 11.8 Å². The van der Waals surface area contributed by atoms with Gasteiger partial charge in [0.25, 0.3) is 0 Å². The fourth-order valence-corrected chi connectivity index (χ4v) is 3.36. The first-order valence-corrected chi connectivity index (χ1v) is 7.26. The molecule has 1 saturated carbocycles. The van der Waals surface area contributed by atoms with Crippen LogP contribution in [0.5, 0.6) is 0 Å². The largest absolute Gasteiger partial charge is 0.481 e. The molecule has 0 saturated heterocycles. The second-order valence-electron chi connectivity index (χ2n) is 4.74. The lowest BCUT2D eigenvalue weighted by Gasteiger charge is -2.34. The van der Waals surface area contributed by atoms with Gasteiger partial charge in [-0.05, 0) is 37.9 Å². The minimum absolute atomic E-state index is 0.235. The van der Waals surface area contributed by atoms with Crippen LogP contribution in [0.4, 0.5) is 0 Å². The summed E-state index contributed by atoms with van der Waals surface area (Å²) in [6.45, 7) is 2.16. The van der Waals surface area contributed by atoms with E-state index in [1.165, 1.54) is 12.8 Å². The van der Waals surface area contributed by atoms with E-state index in [0.29, 0.717) is 25.7 Å². The molecule has 94 valence electrons. The zero-order valence-corrected chi connectivity index (χ0v) is 10.8. The van der Waals surface area contributed by atoms with Crippen molar-refractivity contribution in [1.29, 1.82) is 0 Å². The average Bonchev–Trinajstić information content (AvgIpc) is 2.25. The molecule has 0 spiro atoms. The zero-order valence-electron chi connectivity index (χ0n) is 9.95. The van der Waals surface area contributed by atoms with Gasteiger partial charge >= 0.3 is 5.97 Å². The molecule has 1 aliphatic carbocycles. The summed E-state index contributed by atoms with van der Waals surface area (Å²) < 4.78 is 0. The predicted octanol–water partition coefficient (Wildman–Crippen LogP) is 2.53. The SMILES string of the molecule is CCCCSCC1(O)CCC(C(=O)O)CC1. The van der Waals surface area contributed by atoms with Crippen LogP contribution in [0.25, 0.3) is 0 Å². The molecular weight excluding hydrogens is 224 g/mol. The van der Waals surface area contributed by atoms with Crippen LogP contribution in [-0.4, -0.2) is 33.3 Å². The first kappa shape index (κ1) is 13.8. The predicted molar refractivity (Wildman–Crippen MR) is 66.8 cm³/mol. The van der Waals surface area contributed by atoms with E-state index in [-0.39, 0.29) is 5.92 Å². The molecule has 0 atom stereocenters. The third-order valence-electron chi connectivity index (χ3n) is 3.28. The van der Waals surface area contributed by atoms with Crippen LogP contribution < -0.4 is 0 Å². The topological polar surface area (TPSA) is 57.5 Å². The van der Waals surface area contributed by atoms with Crippen molar-refractivity contribution in [2.75, 3.05) is 11.5 Å². The molecule has 1 fully saturated rings. The van der Waals surface area contributed by atoms with Gasteiger partial charge in [-0.3, -0.25) is 4.79 Å². The van der Waals surface area contributed by atoms with Crippen LogP contribution in [0.2, 0.25) is 0 Å². The molecule has 0 amide bonds. The first-order chi connectivity index (χ1) is 7.57. The van der Waals surface area contributed by atoms with Crippen molar-refractivity contribution in [2.24, 2.45) is 5.92 Å². The number of aliphatic carboxylic acids is 1. The Morgan fingerprint density at radius 3 is 2.56 bits per heavy atom. The van der Waals surface area contributed by atoms with E-state index in [4.69, 9.17) is 5.11 Å². The summed E-state index contributed by atoms with van der Waals surface area (Å²) in [5.41, 5.74) is -0.607. The fourth-order valence-electron chi connectivity index (χ4n) is 2.05. The molecule has 0 aliphatic heterocycles. The maximum atomic E-state index is 10.8. The van der Waals surface area contributed by atoms with Crippen molar-refractivity contribution >= 4 is 17.7 Å². The van der Waals surface area contributed by atoms with E-state index in [9.17, 15) is 9.90 Å². The van der Waals surface area contributed by atoms with Gasteiger partial charge in [-0.2, -0.15) is 11.8 Å². The van der Waals surface area contributed by atoms with E-state index in [1.807, 2.05) is 0 Å². The Labute approximate surface area is 102 Å². The van der Waals surface area contributed by atoms with E-state index < -0.39 is 11.6 Å². The second kappa shape index (κ2) is 6.50. The monoisotopic (exact) mass is 246 g/mol. The molecule has 0 unspecified atom stereocenters. The molecule has 0 bridgehead atoms. The number of carboxylic acids is 1. The molecule has 1 aliphatic rings. The van der Waals surface area contributed by atoms with Gasteiger partial charge in [0.1, 0.15) is 0 Å². The average molecular weight is 246 g/mol. The van der Waals surface area contributed by atoms with Crippen LogP contribution in [0.3, 0.4) is 0 Å². The van der Waals surface area contributed by atoms with Crippen LogP contribution in [0.15, 0.2) is 0 Å². The highest BCUT2D eigenvalue weighted by Crippen LogP contribution is 2.34. The van der Waals surface area contributed by atoms with Crippen LogP contribution >= 0.6 is 11.8 Å². The molecule has 0 radical (unpaired) electrons. The lowest BCUT2D eigenvalue weighted by Crippen LogP contribution is -2.38. The Morgan fingerprint density at radius 1 is 1.44 bits per heavy atom. The molecule has 0 aromatic heterocycles. The first-order valence-electron chi connectivity index (χ1n) is 6.10. The highest BCUT2D eigenvalue weighted by molar-refractivity contribution is 7.99. The van der Waals surface area contributed by atoms with Gasteiger partial charge in [0.05, 0.1) is 11.5 Å². The summed E-state index contributed by atoms with van der Waals surface area (Å²) in [5, 5.41) is 19.1. The maximum absolute atomic E-state index is 10.8. The molecule has 0 heterocycles. The fraction of sp³-hybridized carbons (Fsp3) is 0.917. The van der Waals surface area contributed by atoms with Gasteiger partial charge in [-0.25, -0.2) is 0 Å². The van der Waals surface area contributed by atoms with Crippen molar-refractivity contribution in [3.8, 4) is 0 Å². The molecular formula is C12H22O3S. The Bertz CT molecular complexity index is 222. The standard InChI is InChI=1S/C12H22O3S/c1-2-3-8-16-9-12(15)6-4-10(5-7-12)11(13)14/h10,15H,2-9H2,1H3,(H,13,14). The van der Waals surface area contributed by atoms with Gasteiger partial charge < -0.3 is 10.2 Å². The van der Waals surface area contributed by atoms with E-state index in [2.05, 4.69) is 6.92 Å². The molecule has 0 aromatic carbocycles. The molecule has 16 heavy (non-hydrogen) atoms. The lowest BCUT2D eigenvalue weighted by molar-refractivity contribution is -0.144. The normalized spacial score (nSPS) is 30.2. The number of hydrogen-bond donors (Lipinski definition) is 2. The number of thioether (sulfide) groups is 1. The van der Waals surface area contributed by atoms with Crippen LogP contribution in [-0.2, 0) is 4.79 Å². The van der Waals surface area contributed by atoms with Crippen molar-refractivity contribution in [3.63, 3.8) is 0 Å². The Hall–Kier alpha value is -0.220. The second-order valence-corrected chi connectivity index (χ2v) is 5.85. The third kappa shape index (κ3) is 4.34. The summed E-state index contributed by atoms with van der Waals surface area (Å²) in [5.74, 6) is 0.919. The van der Waals surface area contributed by atoms with Crippen LogP contribution in [0, 0.1) is 5.92 Å². The summed E-state index contributed by atoms with van der Waals surface area (Å²) in [6, 6.07) is 0. The number of carboxylic acid groups (broad SMARTS) is 1. The van der Waals surface area contributed by atoms with Gasteiger partial charge in [0.15, 0.2) is 0 Å². The Morgan fingerprint density at radius 2 is 2.06 bits per heavy atom. The summed E-state index contributed by atoms with van der Waals surface area (Å²) in [6.07, 6.45) is 4.91. The van der Waals surface area contributed by atoms with Crippen molar-refractivity contribution in [3.05, 3.63) is 0 Å². The Balaban J connectivity index is 2.24. The van der Waals surface area contributed by atoms with Crippen molar-refractivity contribution in [2.45, 2.75) is 51.0 Å². The number of aliphatic hydroxyl groups is 1. The van der Waals surface area contributed by atoms with Gasteiger partial charge in [0.2, 0.25) is 0 Å². The summed E-state index contributed by atoms with van der Waals surface area (Å²) >= 11 is 1.80. The van der Waals surface area contributed by atoms with Crippen molar-refractivity contribution < 1.29 is 15.0 Å². The van der Waals surface area contributed by atoms with Gasteiger partial charge in [0, 0.05) is 5.75 Å². The third-order valence-corrected chi connectivity index (χ3v) is 4.60. The maximum Gasteiger partial charge on any atom is 0.306 e. The minimum Gasteiger partial charge on any atom is -0.481 e. The highest BCUT2D eigenvalue weighted by Gasteiger charge is 2.35. The zero-order chi connectivity index (χ0) is 12.0. The molecule has 3 nitrogen and oxygen atoms in total. The summed E-state index contributed by atoms with van der Waals surface area (Å²) in [7, 11) is 0. The van der Waals surface area contributed by atoms with Crippen LogP contribution in [0.1, 0.15) is 45.4 Å². The number of hydrogen-bond acceptors (Lipinski definition) is 3. The smallest absolute Gasteiger partial charge is 0.306 e. The highest BCUT2D eigenvalue weighted by atomic mass is 32.2. The van der Waals surface area contributed by atoms with E-state index >= 15 is 0 Å². The quantitative estimate of drug-likeness (QED) is 0.707. The Kier molecular flexibility index (Phi) is 5.62. The lowest BCUT2D eigenvalue weighted by atomic mass is 9.80. The van der Waals surface area contributed by atoms with Gasteiger partial charge in [-0.15, -0.1) is 0 Å². The summed E-state index contributed by atoms with van der Waals surface area (Å²) in [4.78, 5) is 10.8. The molecule has 0 aromatic rings. The molecule has 1 rings (SSSR count). The van der Waals surface area contributed by atoms with E-state index in [0.717, 1.165) is 11.5 Å². The van der Waals surface area contributed by atoms with Crippen molar-refractivity contribution in [1.82, 2.24) is 0 Å². The molecule has 4 heteroatoms. The molecule has 2 N–H and O–H groups in total. The minimum atomic E-state index is -0.708. The number of rotatable bonds is 6. The number of unbranched alkanes of at least 4 members (excludes halogenated alkanes) is 1.